The van der Waals surface area contributed by atoms with E-state index in [2.05, 4.69) is 25.8 Å². The van der Waals surface area contributed by atoms with Crippen LogP contribution < -0.4 is 9.41 Å². The quantitative estimate of drug-likeness (QED) is 0.382. The summed E-state index contributed by atoms with van der Waals surface area (Å²) in [4.78, 5) is 0. The number of rotatable bonds is 6. The molecule has 6 rings (SSSR count). The molecule has 0 aliphatic carbocycles. The van der Waals surface area contributed by atoms with Gasteiger partial charge in [-0.1, -0.05) is 64.4 Å². The van der Waals surface area contributed by atoms with Crippen molar-refractivity contribution in [2.75, 3.05) is 78.5 Å². The van der Waals surface area contributed by atoms with E-state index in [4.69, 9.17) is 0 Å². The number of piperidine rings is 6. The van der Waals surface area contributed by atoms with Crippen molar-refractivity contribution in [3.05, 3.63) is 0 Å². The smallest absolute Gasteiger partial charge is 0.268 e. The Morgan fingerprint density at radius 3 is 0.450 bits per heavy atom. The second kappa shape index (κ2) is 19.6. The van der Waals surface area contributed by atoms with Crippen molar-refractivity contribution >= 4 is 22.9 Å². The molecule has 0 atom stereocenters. The summed E-state index contributed by atoms with van der Waals surface area (Å²) < 4.78 is 16.9. The van der Waals surface area contributed by atoms with Crippen molar-refractivity contribution in [1.29, 1.82) is 0 Å². The second-order valence-corrected chi connectivity index (χ2v) is 16.5. The summed E-state index contributed by atoms with van der Waals surface area (Å²) in [6, 6.07) is 0. The predicted molar refractivity (Wildman–Crippen MR) is 167 cm³/mol. The van der Waals surface area contributed by atoms with Crippen molar-refractivity contribution in [1.82, 2.24) is 25.8 Å². The van der Waals surface area contributed by atoms with Gasteiger partial charge in [-0.3, -0.25) is 0 Å². The predicted octanol–water partition coefficient (Wildman–Crippen LogP) is -0.377. The zero-order valence-electron chi connectivity index (χ0n) is 25.5. The molecule has 0 unspecified atom stereocenters. The first-order chi connectivity index (χ1) is 18.9. The molecular weight excluding hydrogens is 547 g/mol. The summed E-state index contributed by atoms with van der Waals surface area (Å²) in [5.74, 6) is 0. The first kappa shape index (κ1) is 34.8. The van der Waals surface area contributed by atoms with Crippen molar-refractivity contribution in [2.24, 2.45) is 0 Å². The zero-order chi connectivity index (χ0) is 25.8. The molecule has 6 heterocycles. The summed E-state index contributed by atoms with van der Waals surface area (Å²) in [6.07, 6.45) is 25.8. The van der Waals surface area contributed by atoms with Gasteiger partial charge in [0.2, 0.25) is 0 Å². The van der Waals surface area contributed by atoms with Crippen molar-refractivity contribution < 1.29 is 9.41 Å². The number of hydrogen-bond donors (Lipinski definition) is 0. The third-order valence-electron chi connectivity index (χ3n) is 9.28. The molecule has 10 heteroatoms. The Hall–Kier alpha value is 0.320. The maximum absolute atomic E-state index is 2.82. The summed E-state index contributed by atoms with van der Waals surface area (Å²) in [7, 11) is 0. The van der Waals surface area contributed by atoms with Gasteiger partial charge in [-0.05, 0) is 77.0 Å². The number of halogens is 2. The van der Waals surface area contributed by atoms with E-state index >= 15 is 0 Å². The summed E-state index contributed by atoms with van der Waals surface area (Å²) in [5.41, 5.74) is 0. The van der Waals surface area contributed by atoms with E-state index < -0.39 is 0 Å². The average molecular weight is 607 g/mol. The van der Waals surface area contributed by atoms with Gasteiger partial charge in [0.05, 0.1) is 0 Å². The first-order valence-corrected chi connectivity index (χ1v) is 19.1. The van der Waals surface area contributed by atoms with Gasteiger partial charge in [-0.25, -0.2) is 0 Å². The number of nitrogens with zero attached hydrogens (tertiary/aromatic N) is 6. The van der Waals surface area contributed by atoms with Crippen LogP contribution in [0.2, 0.25) is 0 Å². The van der Waals surface area contributed by atoms with Gasteiger partial charge in [0.25, 0.3) is 22.9 Å². The summed E-state index contributed by atoms with van der Waals surface area (Å²) in [5, 5.41) is 0. The fourth-order valence-corrected chi connectivity index (χ4v) is 12.6. The standard InChI is InChI=1S/2C15H30N3S.2FH/c2*1-4-10-16(11-5-1)19(17-12-6-2-7-13-17)18-14-8-3-9-15-18;;/h2*1-15H2;2*1H/q2*+1;;/p-2. The lowest BCUT2D eigenvalue weighted by Crippen LogP contribution is -3.00. The van der Waals surface area contributed by atoms with E-state index in [1.165, 1.54) is 194 Å². The van der Waals surface area contributed by atoms with Gasteiger partial charge < -0.3 is 9.41 Å². The highest BCUT2D eigenvalue weighted by atomic mass is 32.2. The van der Waals surface area contributed by atoms with E-state index in [0.29, 0.717) is 22.9 Å². The van der Waals surface area contributed by atoms with Gasteiger partial charge in [0.1, 0.15) is 0 Å². The Labute approximate surface area is 251 Å². The molecule has 6 nitrogen and oxygen atoms in total. The van der Waals surface area contributed by atoms with Gasteiger partial charge in [-0.15, -0.1) is 0 Å². The molecule has 0 N–H and O–H groups in total. The molecule has 0 spiro atoms. The van der Waals surface area contributed by atoms with Crippen LogP contribution in [-0.2, 0) is 22.9 Å². The molecule has 0 bridgehead atoms. The Bertz CT molecular complexity index is 492. The molecule has 0 aromatic heterocycles. The van der Waals surface area contributed by atoms with Gasteiger partial charge in [0.15, 0.2) is 0 Å². The molecule has 0 aromatic rings. The minimum atomic E-state index is 0. The van der Waals surface area contributed by atoms with Gasteiger partial charge in [-0.2, -0.15) is 0 Å². The minimum absolute atomic E-state index is 0. The Morgan fingerprint density at radius 2 is 0.325 bits per heavy atom. The van der Waals surface area contributed by atoms with Crippen LogP contribution >= 0.6 is 0 Å². The molecule has 6 aliphatic rings. The molecule has 0 aromatic carbocycles. The SMILES string of the molecule is C1CCN([S+](N2CCCCC2)N2CCCCC2)CC1.C1CCN([S+](N2CCCCC2)N2CCCCC2)CC1.[F-].[F-]. The third-order valence-corrected chi connectivity index (χ3v) is 14.2. The maximum atomic E-state index is 2.82. The van der Waals surface area contributed by atoms with Crippen LogP contribution in [0, 0.1) is 0 Å². The van der Waals surface area contributed by atoms with Crippen molar-refractivity contribution in [3.8, 4) is 0 Å². The van der Waals surface area contributed by atoms with Crippen LogP contribution in [0.25, 0.3) is 0 Å². The highest BCUT2D eigenvalue weighted by molar-refractivity contribution is 7.90. The van der Waals surface area contributed by atoms with E-state index in [1.54, 1.807) is 0 Å². The van der Waals surface area contributed by atoms with Gasteiger partial charge >= 0.3 is 0 Å². The molecular formula is C30H60F2N6S2. The zero-order valence-corrected chi connectivity index (χ0v) is 27.1. The van der Waals surface area contributed by atoms with Crippen LogP contribution in [0.5, 0.6) is 0 Å². The van der Waals surface area contributed by atoms with E-state index in [1.807, 2.05) is 0 Å². The topological polar surface area (TPSA) is 19.4 Å². The molecule has 6 saturated heterocycles. The molecule has 0 amide bonds. The molecule has 6 aliphatic heterocycles. The molecule has 236 valence electrons. The van der Waals surface area contributed by atoms with Crippen LogP contribution in [0.3, 0.4) is 0 Å². The Kier molecular flexibility index (Phi) is 17.0. The Balaban J connectivity index is 0.000000210. The van der Waals surface area contributed by atoms with Crippen molar-refractivity contribution in [2.45, 2.75) is 116 Å². The highest BCUT2D eigenvalue weighted by Gasteiger charge is 2.45. The summed E-state index contributed by atoms with van der Waals surface area (Å²) in [6.45, 7) is 16.1. The largest absolute Gasteiger partial charge is 1.00 e. The molecule has 6 fully saturated rings. The monoisotopic (exact) mass is 606 g/mol. The second-order valence-electron chi connectivity index (χ2n) is 12.4. The lowest BCUT2D eigenvalue weighted by molar-refractivity contribution is -0.001000. The van der Waals surface area contributed by atoms with Crippen LogP contribution in [0.1, 0.15) is 116 Å². The molecule has 0 saturated carbocycles. The number of hydrogen-bond acceptors (Lipinski definition) is 6. The Morgan fingerprint density at radius 1 is 0.200 bits per heavy atom. The highest BCUT2D eigenvalue weighted by Crippen LogP contribution is 2.29. The molecule has 0 radical (unpaired) electrons. The fourth-order valence-electron chi connectivity index (χ4n) is 7.15. The van der Waals surface area contributed by atoms with E-state index in [9.17, 15) is 0 Å². The average Bonchev–Trinajstić information content (AvgIpc) is 3.01. The first-order valence-electron chi connectivity index (χ1n) is 16.9. The van der Waals surface area contributed by atoms with Crippen LogP contribution in [-0.4, -0.2) is 104 Å². The molecule has 40 heavy (non-hydrogen) atoms. The van der Waals surface area contributed by atoms with E-state index in [-0.39, 0.29) is 9.41 Å². The maximum Gasteiger partial charge on any atom is 0.268 e. The normalized spacial score (nSPS) is 27.4. The minimum Gasteiger partial charge on any atom is -1.00 e. The lowest BCUT2D eigenvalue weighted by atomic mass is 10.2. The third kappa shape index (κ3) is 10.2. The van der Waals surface area contributed by atoms with Crippen LogP contribution in [0.15, 0.2) is 0 Å². The van der Waals surface area contributed by atoms with Crippen LogP contribution in [0.4, 0.5) is 0 Å². The van der Waals surface area contributed by atoms with E-state index in [0.717, 1.165) is 0 Å². The summed E-state index contributed by atoms with van der Waals surface area (Å²) >= 11 is 0.632. The van der Waals surface area contributed by atoms with Gasteiger partial charge in [0, 0.05) is 78.5 Å². The lowest BCUT2D eigenvalue weighted by Gasteiger charge is -2.37. The fraction of sp³-hybridized carbons (Fsp3) is 1.00. The van der Waals surface area contributed by atoms with Crippen molar-refractivity contribution in [3.63, 3.8) is 0 Å².